The smallest absolute Gasteiger partial charge is 0.395 e. The number of aromatic nitrogens is 1. The summed E-state index contributed by atoms with van der Waals surface area (Å²) in [5.74, 6) is 0.680. The lowest BCUT2D eigenvalue weighted by molar-refractivity contribution is -0.118. The van der Waals surface area contributed by atoms with E-state index in [-0.39, 0.29) is 12.0 Å². The van der Waals surface area contributed by atoms with Crippen molar-refractivity contribution in [2.45, 2.75) is 64.0 Å². The molecule has 1 saturated heterocycles. The van der Waals surface area contributed by atoms with Crippen molar-refractivity contribution in [3.8, 4) is 6.08 Å². The van der Waals surface area contributed by atoms with Gasteiger partial charge in [0.2, 0.25) is 11.8 Å². The van der Waals surface area contributed by atoms with Gasteiger partial charge in [0.25, 0.3) is 0 Å². The van der Waals surface area contributed by atoms with E-state index in [0.717, 1.165) is 44.1 Å². The highest BCUT2D eigenvalue weighted by atomic mass is 16.6. The Balaban J connectivity index is 1.34. The molecule has 2 fully saturated rings. The van der Waals surface area contributed by atoms with E-state index in [1.807, 2.05) is 6.92 Å². The van der Waals surface area contributed by atoms with Gasteiger partial charge in [-0.05, 0) is 25.7 Å². The zero-order valence-corrected chi connectivity index (χ0v) is 13.8. The first-order chi connectivity index (χ1) is 11.2. The predicted molar refractivity (Wildman–Crippen MR) is 85.7 cm³/mol. The number of likely N-dealkylation sites (tertiary alicyclic amines) is 1. The minimum Gasteiger partial charge on any atom is -0.447 e. The molecule has 0 atom stereocenters. The van der Waals surface area contributed by atoms with Gasteiger partial charge in [0.05, 0.1) is 0 Å². The summed E-state index contributed by atoms with van der Waals surface area (Å²) in [5.41, 5.74) is 0.855. The van der Waals surface area contributed by atoms with Crippen LogP contribution in [0.25, 0.3) is 0 Å². The van der Waals surface area contributed by atoms with Gasteiger partial charge in [0.1, 0.15) is 11.8 Å². The van der Waals surface area contributed by atoms with Gasteiger partial charge in [0, 0.05) is 38.5 Å². The molecular weight excluding hydrogens is 294 g/mol. The lowest BCUT2D eigenvalue weighted by atomic mass is 9.90. The number of hydrogen-bond acceptors (Lipinski definition) is 5. The topological polar surface area (TPSA) is 58.8 Å². The first-order valence-electron chi connectivity index (χ1n) is 8.95. The van der Waals surface area contributed by atoms with E-state index in [0.29, 0.717) is 24.9 Å². The number of piperidine rings is 1. The minimum atomic E-state index is 0.0836. The normalized spacial score (nSPS) is 22.9. The van der Waals surface area contributed by atoms with Gasteiger partial charge in [0.15, 0.2) is 0 Å². The van der Waals surface area contributed by atoms with Crippen molar-refractivity contribution in [1.82, 2.24) is 9.88 Å². The molecule has 3 aliphatic rings. The number of fused-ring (bicyclic) bond motifs is 1. The van der Waals surface area contributed by atoms with Crippen molar-refractivity contribution >= 4 is 11.8 Å². The summed E-state index contributed by atoms with van der Waals surface area (Å²) in [4.78, 5) is 20.6. The Bertz CT molecular complexity index is 574. The average molecular weight is 319 g/mol. The van der Waals surface area contributed by atoms with Gasteiger partial charge in [-0.2, -0.15) is 4.98 Å². The van der Waals surface area contributed by atoms with E-state index >= 15 is 0 Å². The molecule has 126 valence electrons. The summed E-state index contributed by atoms with van der Waals surface area (Å²) < 4.78 is 11.7. The van der Waals surface area contributed by atoms with Crippen molar-refractivity contribution in [2.24, 2.45) is 0 Å². The predicted octanol–water partition coefficient (Wildman–Crippen LogP) is 2.37. The Morgan fingerprint density at radius 1 is 1.26 bits per heavy atom. The van der Waals surface area contributed by atoms with E-state index in [1.165, 1.54) is 19.3 Å². The Morgan fingerprint density at radius 3 is 2.70 bits per heavy atom. The summed E-state index contributed by atoms with van der Waals surface area (Å²) in [7, 11) is 0. The number of rotatable bonds is 4. The highest BCUT2D eigenvalue weighted by molar-refractivity contribution is 5.93. The molecule has 0 N–H and O–H groups in total. The monoisotopic (exact) mass is 319 g/mol. The number of anilines is 1. The van der Waals surface area contributed by atoms with Crippen LogP contribution in [0.15, 0.2) is 4.42 Å². The fraction of sp³-hybridized carbons (Fsp3) is 0.765. The number of ether oxygens (including phenoxy) is 1. The molecular formula is C17H25N3O3. The molecule has 0 unspecified atom stereocenters. The van der Waals surface area contributed by atoms with Crippen LogP contribution >= 0.6 is 0 Å². The second-order valence-electron chi connectivity index (χ2n) is 6.82. The molecule has 0 bridgehead atoms. The Morgan fingerprint density at radius 2 is 2.04 bits per heavy atom. The van der Waals surface area contributed by atoms with Crippen LogP contribution < -0.4 is 9.64 Å². The maximum atomic E-state index is 11.9. The molecule has 0 radical (unpaired) electrons. The van der Waals surface area contributed by atoms with Crippen molar-refractivity contribution in [3.05, 3.63) is 5.69 Å². The Hall–Kier alpha value is -1.56. The van der Waals surface area contributed by atoms with Gasteiger partial charge in [-0.3, -0.25) is 9.69 Å². The van der Waals surface area contributed by atoms with E-state index < -0.39 is 0 Å². The maximum Gasteiger partial charge on any atom is 0.395 e. The van der Waals surface area contributed by atoms with E-state index in [2.05, 4.69) is 9.88 Å². The third-order valence-corrected chi connectivity index (χ3v) is 5.41. The molecule has 6 nitrogen and oxygen atoms in total. The maximum absolute atomic E-state index is 11.9. The third kappa shape index (κ3) is 2.84. The Labute approximate surface area is 136 Å². The van der Waals surface area contributed by atoms with Crippen LogP contribution in [0.4, 0.5) is 5.88 Å². The highest BCUT2D eigenvalue weighted by Crippen LogP contribution is 2.34. The molecule has 0 aromatic carbocycles. The molecule has 1 amide bonds. The van der Waals surface area contributed by atoms with Gasteiger partial charge in [-0.25, -0.2) is 0 Å². The number of amides is 1. The summed E-state index contributed by atoms with van der Waals surface area (Å²) in [6, 6.07) is 0.815. The molecule has 1 aliphatic carbocycles. The lowest BCUT2D eigenvalue weighted by Crippen LogP contribution is -2.46. The van der Waals surface area contributed by atoms with Crippen molar-refractivity contribution < 1.29 is 13.9 Å². The fourth-order valence-electron chi connectivity index (χ4n) is 3.75. The van der Waals surface area contributed by atoms with Gasteiger partial charge in [-0.1, -0.05) is 13.3 Å². The molecule has 4 rings (SSSR count). The van der Waals surface area contributed by atoms with Crippen LogP contribution in [-0.2, 0) is 11.2 Å². The number of carbonyl (C=O) groups excluding carboxylic acids is 1. The fourth-order valence-corrected chi connectivity index (χ4v) is 3.75. The van der Waals surface area contributed by atoms with Crippen LogP contribution in [-0.4, -0.2) is 47.6 Å². The highest BCUT2D eigenvalue weighted by Gasteiger charge is 2.33. The van der Waals surface area contributed by atoms with Crippen molar-refractivity contribution in [1.29, 1.82) is 0 Å². The van der Waals surface area contributed by atoms with E-state index in [4.69, 9.17) is 9.15 Å². The second-order valence-corrected chi connectivity index (χ2v) is 6.82. The Kier molecular flexibility index (Phi) is 4.01. The van der Waals surface area contributed by atoms with Crippen LogP contribution in [0.5, 0.6) is 6.08 Å². The van der Waals surface area contributed by atoms with Crippen LogP contribution in [0.3, 0.4) is 0 Å². The first-order valence-corrected chi connectivity index (χ1v) is 8.95. The molecule has 6 heteroatoms. The van der Waals surface area contributed by atoms with E-state index in [9.17, 15) is 4.79 Å². The largest absolute Gasteiger partial charge is 0.447 e. The van der Waals surface area contributed by atoms with Crippen LogP contribution in [0.1, 0.15) is 51.1 Å². The lowest BCUT2D eigenvalue weighted by Gasteiger charge is -2.41. The first kappa shape index (κ1) is 15.0. The number of nitrogens with zero attached hydrogens (tertiary/aromatic N) is 3. The van der Waals surface area contributed by atoms with E-state index in [1.54, 1.807) is 4.90 Å². The van der Waals surface area contributed by atoms with Crippen LogP contribution in [0.2, 0.25) is 0 Å². The third-order valence-electron chi connectivity index (χ3n) is 5.41. The van der Waals surface area contributed by atoms with Crippen LogP contribution in [0, 0.1) is 0 Å². The zero-order valence-electron chi connectivity index (χ0n) is 13.8. The molecule has 3 heterocycles. The number of oxazole rings is 1. The summed E-state index contributed by atoms with van der Waals surface area (Å²) >= 11 is 0. The molecule has 23 heavy (non-hydrogen) atoms. The molecule has 2 aliphatic heterocycles. The number of hydrogen-bond donors (Lipinski definition) is 0. The van der Waals surface area contributed by atoms with Gasteiger partial charge < -0.3 is 14.1 Å². The minimum absolute atomic E-state index is 0.0836. The van der Waals surface area contributed by atoms with Gasteiger partial charge in [-0.15, -0.1) is 0 Å². The second kappa shape index (κ2) is 6.15. The van der Waals surface area contributed by atoms with Gasteiger partial charge >= 0.3 is 6.08 Å². The van der Waals surface area contributed by atoms with Crippen molar-refractivity contribution in [3.63, 3.8) is 0 Å². The quantitative estimate of drug-likeness (QED) is 0.853. The molecule has 1 saturated carbocycles. The SMILES string of the molecule is CCC(=O)N1CCc2nc(OC3CCN(C4CCC4)CC3)oc21. The molecule has 0 spiro atoms. The zero-order chi connectivity index (χ0) is 15.8. The number of carbonyl (C=O) groups is 1. The standard InChI is InChI=1S/C17H25N3O3/c1-2-15(21)20-11-8-14-16(20)23-17(18-14)22-13-6-9-19(10-7-13)12-4-3-5-12/h12-13H,2-11H2,1H3. The molecule has 1 aromatic rings. The average Bonchev–Trinajstić information content (AvgIpc) is 3.06. The van der Waals surface area contributed by atoms with Crippen molar-refractivity contribution in [2.75, 3.05) is 24.5 Å². The summed E-state index contributed by atoms with van der Waals surface area (Å²) in [5, 5.41) is 0. The summed E-state index contributed by atoms with van der Waals surface area (Å²) in [6.45, 7) is 4.75. The summed E-state index contributed by atoms with van der Waals surface area (Å²) in [6.07, 6.45) is 7.92. The molecule has 1 aromatic heterocycles.